The molecular formula is C11H21N3. The maximum absolute atomic E-state index is 4.50. The monoisotopic (exact) mass is 195 g/mol. The Kier molecular flexibility index (Phi) is 3.80. The number of nitrogens with one attached hydrogen (secondary N) is 2. The van der Waals surface area contributed by atoms with E-state index in [9.17, 15) is 0 Å². The lowest BCUT2D eigenvalue weighted by Gasteiger charge is -2.24. The van der Waals surface area contributed by atoms with Gasteiger partial charge in [-0.05, 0) is 44.7 Å². The third-order valence-corrected chi connectivity index (χ3v) is 3.18. The van der Waals surface area contributed by atoms with Crippen molar-refractivity contribution in [3.63, 3.8) is 0 Å². The van der Waals surface area contributed by atoms with E-state index in [0.717, 1.165) is 19.0 Å². The van der Waals surface area contributed by atoms with Gasteiger partial charge in [-0.25, -0.2) is 0 Å². The van der Waals surface area contributed by atoms with Gasteiger partial charge in [0.15, 0.2) is 0 Å². The van der Waals surface area contributed by atoms with E-state index in [2.05, 4.69) is 15.6 Å². The van der Waals surface area contributed by atoms with Crippen LogP contribution in [-0.4, -0.2) is 32.0 Å². The van der Waals surface area contributed by atoms with Gasteiger partial charge in [-0.3, -0.25) is 4.99 Å². The van der Waals surface area contributed by atoms with Crippen LogP contribution in [0.4, 0.5) is 0 Å². The second-order valence-corrected chi connectivity index (χ2v) is 4.36. The summed E-state index contributed by atoms with van der Waals surface area (Å²) in [6, 6.07) is 0. The lowest BCUT2D eigenvalue weighted by Crippen LogP contribution is -2.36. The van der Waals surface area contributed by atoms with Crippen LogP contribution >= 0.6 is 0 Å². The van der Waals surface area contributed by atoms with Crippen LogP contribution in [0.25, 0.3) is 0 Å². The van der Waals surface area contributed by atoms with E-state index in [1.54, 1.807) is 0 Å². The first-order valence-corrected chi connectivity index (χ1v) is 5.93. The van der Waals surface area contributed by atoms with Gasteiger partial charge in [-0.1, -0.05) is 0 Å². The highest BCUT2D eigenvalue weighted by Crippen LogP contribution is 2.11. The molecule has 0 aliphatic carbocycles. The molecule has 0 unspecified atom stereocenters. The molecule has 0 saturated carbocycles. The summed E-state index contributed by atoms with van der Waals surface area (Å²) in [5.74, 6) is 2.12. The van der Waals surface area contributed by atoms with Gasteiger partial charge in [0.2, 0.25) is 0 Å². The number of rotatable bonds is 2. The quantitative estimate of drug-likeness (QED) is 0.693. The van der Waals surface area contributed by atoms with E-state index in [1.807, 2.05) is 0 Å². The number of aliphatic imine (C=N–C) groups is 1. The molecule has 0 atom stereocenters. The third kappa shape index (κ3) is 2.98. The number of amidine groups is 1. The molecule has 0 aromatic carbocycles. The van der Waals surface area contributed by atoms with Crippen LogP contribution < -0.4 is 10.6 Å². The molecule has 3 nitrogen and oxygen atoms in total. The molecule has 2 aliphatic rings. The fraction of sp³-hybridized carbons (Fsp3) is 0.909. The van der Waals surface area contributed by atoms with Crippen LogP contribution in [0.5, 0.6) is 0 Å². The maximum Gasteiger partial charge on any atom is 0.0963 e. The molecule has 2 heterocycles. The zero-order chi connectivity index (χ0) is 9.64. The van der Waals surface area contributed by atoms with E-state index in [1.165, 1.54) is 51.0 Å². The molecule has 14 heavy (non-hydrogen) atoms. The van der Waals surface area contributed by atoms with Crippen molar-refractivity contribution in [1.82, 2.24) is 10.6 Å². The average Bonchev–Trinajstić information content (AvgIpc) is 2.29. The minimum absolute atomic E-state index is 0.862. The van der Waals surface area contributed by atoms with Gasteiger partial charge < -0.3 is 10.6 Å². The molecule has 1 fully saturated rings. The van der Waals surface area contributed by atoms with Crippen molar-refractivity contribution in [3.05, 3.63) is 0 Å². The smallest absolute Gasteiger partial charge is 0.0963 e. The molecule has 0 bridgehead atoms. The Hall–Kier alpha value is -0.570. The van der Waals surface area contributed by atoms with Crippen molar-refractivity contribution in [2.45, 2.75) is 32.1 Å². The second kappa shape index (κ2) is 5.35. The lowest BCUT2D eigenvalue weighted by molar-refractivity contribution is 0.371. The Balaban J connectivity index is 1.67. The van der Waals surface area contributed by atoms with E-state index in [4.69, 9.17) is 0 Å². The Morgan fingerprint density at radius 3 is 2.86 bits per heavy atom. The minimum atomic E-state index is 0.862. The van der Waals surface area contributed by atoms with Crippen molar-refractivity contribution >= 4 is 5.84 Å². The van der Waals surface area contributed by atoms with Gasteiger partial charge in [-0.15, -0.1) is 0 Å². The largest absolute Gasteiger partial charge is 0.374 e. The molecule has 0 aromatic heterocycles. The zero-order valence-electron chi connectivity index (χ0n) is 8.89. The van der Waals surface area contributed by atoms with E-state index in [0.29, 0.717) is 0 Å². The van der Waals surface area contributed by atoms with Crippen molar-refractivity contribution in [1.29, 1.82) is 0 Å². The molecule has 0 amide bonds. The highest BCUT2D eigenvalue weighted by molar-refractivity contribution is 5.82. The average molecular weight is 195 g/mol. The minimum Gasteiger partial charge on any atom is -0.374 e. The summed E-state index contributed by atoms with van der Waals surface area (Å²) < 4.78 is 0. The lowest BCUT2D eigenvalue weighted by atomic mass is 9.98. The molecular weight excluding hydrogens is 174 g/mol. The standard InChI is InChI=1S/C11H21N3/c1-2-6-13-11(3-1)14-9-10-4-7-12-8-5-10/h10,12H,1-9H2,(H,13,14). The van der Waals surface area contributed by atoms with Gasteiger partial charge in [0, 0.05) is 19.5 Å². The number of hydrogen-bond acceptors (Lipinski definition) is 3. The summed E-state index contributed by atoms with van der Waals surface area (Å²) in [6.07, 6.45) is 6.40. The molecule has 80 valence electrons. The van der Waals surface area contributed by atoms with Crippen LogP contribution in [0, 0.1) is 5.92 Å². The Labute approximate surface area is 86.4 Å². The molecule has 0 radical (unpaired) electrons. The molecule has 2 N–H and O–H groups in total. The highest BCUT2D eigenvalue weighted by atomic mass is 15.0. The van der Waals surface area contributed by atoms with Gasteiger partial charge in [0.25, 0.3) is 0 Å². The number of nitrogens with zero attached hydrogens (tertiary/aromatic N) is 1. The van der Waals surface area contributed by atoms with E-state index < -0.39 is 0 Å². The molecule has 2 rings (SSSR count). The Morgan fingerprint density at radius 2 is 2.14 bits per heavy atom. The summed E-state index contributed by atoms with van der Waals surface area (Å²) >= 11 is 0. The predicted octanol–water partition coefficient (Wildman–Crippen LogP) is 1.16. The van der Waals surface area contributed by atoms with Crippen molar-refractivity contribution in [3.8, 4) is 0 Å². The van der Waals surface area contributed by atoms with Crippen LogP contribution in [0.3, 0.4) is 0 Å². The van der Waals surface area contributed by atoms with Crippen molar-refractivity contribution < 1.29 is 0 Å². The van der Waals surface area contributed by atoms with Gasteiger partial charge in [-0.2, -0.15) is 0 Å². The van der Waals surface area contributed by atoms with Crippen LogP contribution in [0.2, 0.25) is 0 Å². The summed E-state index contributed by atoms with van der Waals surface area (Å²) in [6.45, 7) is 4.56. The fourth-order valence-electron chi connectivity index (χ4n) is 2.19. The van der Waals surface area contributed by atoms with Gasteiger partial charge in [0.05, 0.1) is 5.84 Å². The Bertz CT molecular complexity index is 195. The fourth-order valence-corrected chi connectivity index (χ4v) is 2.19. The first kappa shape index (κ1) is 9.97. The topological polar surface area (TPSA) is 36.4 Å². The van der Waals surface area contributed by atoms with Crippen LogP contribution in [0.1, 0.15) is 32.1 Å². The normalized spacial score (nSPS) is 24.4. The molecule has 0 aromatic rings. The zero-order valence-corrected chi connectivity index (χ0v) is 8.89. The first-order valence-electron chi connectivity index (χ1n) is 5.93. The van der Waals surface area contributed by atoms with Crippen LogP contribution in [-0.2, 0) is 0 Å². The summed E-state index contributed by atoms with van der Waals surface area (Å²) in [4.78, 5) is 4.50. The van der Waals surface area contributed by atoms with Crippen molar-refractivity contribution in [2.75, 3.05) is 26.2 Å². The second-order valence-electron chi connectivity index (χ2n) is 4.36. The van der Waals surface area contributed by atoms with Crippen molar-refractivity contribution in [2.24, 2.45) is 10.9 Å². The number of piperidine rings is 1. The molecule has 0 spiro atoms. The van der Waals surface area contributed by atoms with E-state index >= 15 is 0 Å². The van der Waals surface area contributed by atoms with E-state index in [-0.39, 0.29) is 0 Å². The maximum atomic E-state index is 4.50. The third-order valence-electron chi connectivity index (χ3n) is 3.18. The summed E-state index contributed by atoms with van der Waals surface area (Å²) in [7, 11) is 0. The Morgan fingerprint density at radius 1 is 1.29 bits per heavy atom. The van der Waals surface area contributed by atoms with Crippen LogP contribution in [0.15, 0.2) is 4.99 Å². The SMILES string of the molecule is C1CCC(NCC2CCNCC2)=NC1. The summed E-state index contributed by atoms with van der Waals surface area (Å²) in [5, 5.41) is 6.91. The first-order chi connectivity index (χ1) is 6.95. The van der Waals surface area contributed by atoms with Gasteiger partial charge in [0.1, 0.15) is 0 Å². The predicted molar refractivity (Wildman–Crippen MR) is 59.7 cm³/mol. The highest BCUT2D eigenvalue weighted by Gasteiger charge is 2.13. The molecule has 1 saturated heterocycles. The molecule has 3 heteroatoms. The summed E-state index contributed by atoms with van der Waals surface area (Å²) in [5.41, 5.74) is 0. The number of hydrogen-bond donors (Lipinski definition) is 2. The van der Waals surface area contributed by atoms with Gasteiger partial charge >= 0.3 is 0 Å². The molecule has 2 aliphatic heterocycles.